The molecule has 0 unspecified atom stereocenters. The summed E-state index contributed by atoms with van der Waals surface area (Å²) in [6.45, 7) is 0. The number of hydrogen-bond donors (Lipinski definition) is 1. The van der Waals surface area contributed by atoms with Gasteiger partial charge < -0.3 is 5.32 Å². The van der Waals surface area contributed by atoms with Gasteiger partial charge in [0.05, 0.1) is 0 Å². The van der Waals surface area contributed by atoms with Gasteiger partial charge in [-0.25, -0.2) is 13.2 Å². The van der Waals surface area contributed by atoms with Crippen LogP contribution in [0.1, 0.15) is 15.9 Å². The van der Waals surface area contributed by atoms with Gasteiger partial charge in [0.25, 0.3) is 5.91 Å². The minimum absolute atomic E-state index is 0.210. The lowest BCUT2D eigenvalue weighted by Crippen LogP contribution is -2.14. The average molecular weight is 300 g/mol. The molecule has 0 radical (unpaired) electrons. The van der Waals surface area contributed by atoms with E-state index in [4.69, 9.17) is 11.6 Å². The van der Waals surface area contributed by atoms with E-state index < -0.39 is 29.0 Å². The Kier molecular flexibility index (Phi) is 4.29. The van der Waals surface area contributed by atoms with E-state index in [0.717, 1.165) is 5.56 Å². The highest BCUT2D eigenvalue weighted by Gasteiger charge is 2.15. The van der Waals surface area contributed by atoms with Gasteiger partial charge in [0.15, 0.2) is 11.6 Å². The number of halogens is 4. The summed E-state index contributed by atoms with van der Waals surface area (Å²) in [5.41, 5.74) is 0.335. The second kappa shape index (κ2) is 5.96. The number of anilines is 1. The van der Waals surface area contributed by atoms with Gasteiger partial charge in [0.1, 0.15) is 11.5 Å². The zero-order chi connectivity index (χ0) is 14.7. The van der Waals surface area contributed by atoms with E-state index in [1.165, 1.54) is 12.1 Å². The Bertz CT molecular complexity index is 620. The van der Waals surface area contributed by atoms with Crippen molar-refractivity contribution in [1.82, 2.24) is 0 Å². The number of carbonyl (C=O) groups is 1. The minimum Gasteiger partial charge on any atom is -0.317 e. The van der Waals surface area contributed by atoms with Gasteiger partial charge in [0.2, 0.25) is 0 Å². The molecule has 2 nitrogen and oxygen atoms in total. The molecule has 0 aliphatic carbocycles. The van der Waals surface area contributed by atoms with Crippen molar-refractivity contribution >= 4 is 23.2 Å². The van der Waals surface area contributed by atoms with Gasteiger partial charge >= 0.3 is 0 Å². The summed E-state index contributed by atoms with van der Waals surface area (Å²) in [5, 5.41) is 2.07. The molecule has 0 aromatic heterocycles. The second-order valence-corrected chi connectivity index (χ2v) is 4.30. The highest BCUT2D eigenvalue weighted by atomic mass is 35.5. The molecule has 2 aromatic rings. The lowest BCUT2D eigenvalue weighted by atomic mass is 10.1. The maximum Gasteiger partial charge on any atom is 0.255 e. The number of hydrogen-bond acceptors (Lipinski definition) is 1. The topological polar surface area (TPSA) is 29.1 Å². The molecule has 0 saturated carbocycles. The molecule has 0 saturated heterocycles. The van der Waals surface area contributed by atoms with E-state index in [1.54, 1.807) is 12.1 Å². The van der Waals surface area contributed by atoms with E-state index in [0.29, 0.717) is 18.0 Å². The average Bonchev–Trinajstić information content (AvgIpc) is 2.42. The smallest absolute Gasteiger partial charge is 0.255 e. The first kappa shape index (κ1) is 14.4. The Balaban J connectivity index is 2.23. The molecule has 0 bridgehead atoms. The Morgan fingerprint density at radius 2 is 1.60 bits per heavy atom. The first-order valence-corrected chi connectivity index (χ1v) is 6.15. The van der Waals surface area contributed by atoms with Crippen molar-refractivity contribution in [2.75, 3.05) is 5.32 Å². The zero-order valence-corrected chi connectivity index (χ0v) is 10.8. The molecule has 20 heavy (non-hydrogen) atoms. The summed E-state index contributed by atoms with van der Waals surface area (Å²) in [4.78, 5) is 11.8. The fourth-order valence-electron chi connectivity index (χ4n) is 1.59. The monoisotopic (exact) mass is 299 g/mol. The third-order valence-electron chi connectivity index (χ3n) is 2.62. The molecule has 2 rings (SSSR count). The van der Waals surface area contributed by atoms with Crippen molar-refractivity contribution in [1.29, 1.82) is 0 Å². The van der Waals surface area contributed by atoms with Crippen LogP contribution in [0.4, 0.5) is 18.9 Å². The van der Waals surface area contributed by atoms with Crippen molar-refractivity contribution in [3.8, 4) is 0 Å². The molecular formula is C14H9ClF3NO. The number of rotatable bonds is 3. The van der Waals surface area contributed by atoms with Gasteiger partial charge in [-0.15, -0.1) is 11.6 Å². The van der Waals surface area contributed by atoms with Gasteiger partial charge in [-0.3, -0.25) is 4.79 Å². The summed E-state index contributed by atoms with van der Waals surface area (Å²) in [7, 11) is 0. The van der Waals surface area contributed by atoms with Gasteiger partial charge in [-0.1, -0.05) is 12.1 Å². The van der Waals surface area contributed by atoms with Crippen molar-refractivity contribution < 1.29 is 18.0 Å². The van der Waals surface area contributed by atoms with E-state index in [9.17, 15) is 18.0 Å². The number of carbonyl (C=O) groups excluding carboxylic acids is 1. The van der Waals surface area contributed by atoms with Crippen molar-refractivity contribution in [3.63, 3.8) is 0 Å². The molecule has 0 spiro atoms. The fourth-order valence-corrected chi connectivity index (χ4v) is 1.77. The number of alkyl halides is 1. The summed E-state index contributed by atoms with van der Waals surface area (Å²) >= 11 is 5.61. The molecule has 104 valence electrons. The van der Waals surface area contributed by atoms with Crippen LogP contribution in [0.15, 0.2) is 36.4 Å². The normalized spacial score (nSPS) is 10.4. The SMILES string of the molecule is O=C(Nc1c(F)cc(F)cc1F)c1ccc(CCl)cc1. The molecule has 2 aromatic carbocycles. The minimum atomic E-state index is -1.17. The molecule has 0 fully saturated rings. The molecule has 0 atom stereocenters. The molecular weight excluding hydrogens is 291 g/mol. The second-order valence-electron chi connectivity index (χ2n) is 4.03. The quantitative estimate of drug-likeness (QED) is 0.850. The van der Waals surface area contributed by atoms with Crippen LogP contribution in [0, 0.1) is 17.5 Å². The van der Waals surface area contributed by atoms with Gasteiger partial charge in [-0.2, -0.15) is 0 Å². The summed E-state index contributed by atoms with van der Waals surface area (Å²) in [5.74, 6) is -3.80. The summed E-state index contributed by atoms with van der Waals surface area (Å²) in [6, 6.07) is 7.20. The van der Waals surface area contributed by atoms with Gasteiger partial charge in [-0.05, 0) is 17.7 Å². The predicted molar refractivity (Wildman–Crippen MR) is 70.3 cm³/mol. The van der Waals surface area contributed by atoms with Crippen LogP contribution < -0.4 is 5.32 Å². The zero-order valence-electron chi connectivity index (χ0n) is 10.1. The molecule has 0 heterocycles. The Labute approximate surface area is 118 Å². The third-order valence-corrected chi connectivity index (χ3v) is 2.92. The van der Waals surface area contributed by atoms with E-state index in [-0.39, 0.29) is 5.56 Å². The number of amides is 1. The summed E-state index contributed by atoms with van der Waals surface area (Å²) < 4.78 is 39.5. The van der Waals surface area contributed by atoms with Crippen LogP contribution in [0.5, 0.6) is 0 Å². The van der Waals surface area contributed by atoms with E-state index in [1.807, 2.05) is 0 Å². The number of benzene rings is 2. The van der Waals surface area contributed by atoms with Crippen LogP contribution in [0.2, 0.25) is 0 Å². The van der Waals surface area contributed by atoms with Crippen LogP contribution in [-0.2, 0) is 5.88 Å². The van der Waals surface area contributed by atoms with Crippen molar-refractivity contribution in [2.45, 2.75) is 5.88 Å². The van der Waals surface area contributed by atoms with Crippen LogP contribution in [-0.4, -0.2) is 5.91 Å². The Morgan fingerprint density at radius 3 is 2.10 bits per heavy atom. The van der Waals surface area contributed by atoms with Crippen LogP contribution in [0.25, 0.3) is 0 Å². The summed E-state index contributed by atoms with van der Waals surface area (Å²) in [6.07, 6.45) is 0. The maximum absolute atomic E-state index is 13.4. The van der Waals surface area contributed by atoms with Crippen LogP contribution in [0.3, 0.4) is 0 Å². The first-order valence-electron chi connectivity index (χ1n) is 5.62. The van der Waals surface area contributed by atoms with Gasteiger partial charge in [0, 0.05) is 23.6 Å². The lowest BCUT2D eigenvalue weighted by Gasteiger charge is -2.08. The molecule has 0 aliphatic rings. The van der Waals surface area contributed by atoms with E-state index in [2.05, 4.69) is 5.32 Å². The highest BCUT2D eigenvalue weighted by Crippen LogP contribution is 2.21. The molecule has 1 N–H and O–H groups in total. The number of nitrogens with one attached hydrogen (secondary N) is 1. The predicted octanol–water partition coefficient (Wildman–Crippen LogP) is 4.10. The van der Waals surface area contributed by atoms with Crippen LogP contribution >= 0.6 is 11.6 Å². The standard InChI is InChI=1S/C14H9ClF3NO/c15-7-8-1-3-9(4-2-8)14(20)19-13-11(17)5-10(16)6-12(13)18/h1-6H,7H2,(H,19,20). The first-order chi connectivity index (χ1) is 9.51. The largest absolute Gasteiger partial charge is 0.317 e. The molecule has 1 amide bonds. The third kappa shape index (κ3) is 3.11. The Morgan fingerprint density at radius 1 is 1.05 bits per heavy atom. The molecule has 0 aliphatic heterocycles. The lowest BCUT2D eigenvalue weighted by molar-refractivity contribution is 0.102. The van der Waals surface area contributed by atoms with Crippen molar-refractivity contribution in [3.05, 3.63) is 65.0 Å². The molecule has 6 heteroatoms. The van der Waals surface area contributed by atoms with Crippen molar-refractivity contribution in [2.24, 2.45) is 0 Å². The highest BCUT2D eigenvalue weighted by molar-refractivity contribution is 6.17. The fraction of sp³-hybridized carbons (Fsp3) is 0.0714. The maximum atomic E-state index is 13.4. The Hall–Kier alpha value is -2.01. The van der Waals surface area contributed by atoms with E-state index >= 15 is 0 Å².